The molecule has 106 valence electrons. The molecule has 0 bridgehead atoms. The molecular weight excluding hydrogens is 268 g/mol. The highest BCUT2D eigenvalue weighted by Crippen LogP contribution is 2.05. The molecule has 0 saturated carbocycles. The molecule has 0 aliphatic heterocycles. The van der Waals surface area contributed by atoms with E-state index >= 15 is 0 Å². The fraction of sp³-hybridized carbons (Fsp3) is 0.333. The molecule has 1 aromatic heterocycles. The highest BCUT2D eigenvalue weighted by molar-refractivity contribution is 6.88. The molecule has 0 atom stereocenters. The Bertz CT molecular complexity index is 721. The highest BCUT2D eigenvalue weighted by Gasteiger charge is 2.15. The van der Waals surface area contributed by atoms with Crippen LogP contribution >= 0.6 is 0 Å². The average molecular weight is 288 g/mol. The average Bonchev–Trinajstić information content (AvgIpc) is 2.39. The fourth-order valence-corrected chi connectivity index (χ4v) is 3.22. The fourth-order valence-electron chi connectivity index (χ4n) is 2.05. The first-order valence-corrected chi connectivity index (χ1v) is 10.1. The Balaban J connectivity index is 2.35. The Morgan fingerprint density at radius 1 is 1.00 bits per heavy atom. The molecular formula is C15H20N2O2Si. The molecule has 0 spiro atoms. The van der Waals surface area contributed by atoms with E-state index in [4.69, 9.17) is 0 Å². The molecule has 0 radical (unpaired) electrons. The summed E-state index contributed by atoms with van der Waals surface area (Å²) in [7, 11) is 0.332. The predicted octanol–water partition coefficient (Wildman–Crippen LogP) is 1.14. The lowest BCUT2D eigenvalue weighted by Gasteiger charge is -2.16. The maximum atomic E-state index is 12.0. The topological polar surface area (TPSA) is 44.0 Å². The Labute approximate surface area is 119 Å². The van der Waals surface area contributed by atoms with Crippen LogP contribution in [0.2, 0.25) is 19.6 Å². The molecule has 0 aliphatic rings. The van der Waals surface area contributed by atoms with Gasteiger partial charge in [-0.3, -0.25) is 9.36 Å². The third-order valence-electron chi connectivity index (χ3n) is 3.40. The first-order chi connectivity index (χ1) is 9.29. The van der Waals surface area contributed by atoms with Crippen LogP contribution in [0.4, 0.5) is 0 Å². The van der Waals surface area contributed by atoms with Gasteiger partial charge in [0.2, 0.25) is 0 Å². The number of nitrogens with zero attached hydrogens (tertiary/aromatic N) is 2. The van der Waals surface area contributed by atoms with Crippen LogP contribution in [0, 0.1) is 0 Å². The standard InChI is InChI=1S/C15H20N2O2Si/c1-16-10-9-14(18)17(15(16)19)11-12-5-7-13(8-6-12)20(2,3)4/h5-10H,11H2,1-4H3. The molecule has 1 aromatic carbocycles. The third kappa shape index (κ3) is 2.99. The zero-order valence-electron chi connectivity index (χ0n) is 12.4. The van der Waals surface area contributed by atoms with Gasteiger partial charge in [0.15, 0.2) is 0 Å². The monoisotopic (exact) mass is 288 g/mol. The van der Waals surface area contributed by atoms with Gasteiger partial charge in [-0.1, -0.05) is 49.1 Å². The van der Waals surface area contributed by atoms with E-state index in [2.05, 4.69) is 31.8 Å². The van der Waals surface area contributed by atoms with Gasteiger partial charge in [-0.2, -0.15) is 0 Å². The van der Waals surface area contributed by atoms with Gasteiger partial charge in [0, 0.05) is 19.3 Å². The molecule has 0 fully saturated rings. The zero-order chi connectivity index (χ0) is 14.9. The first kappa shape index (κ1) is 14.5. The minimum absolute atomic E-state index is 0.262. The van der Waals surface area contributed by atoms with Gasteiger partial charge in [0.1, 0.15) is 0 Å². The van der Waals surface area contributed by atoms with Crippen molar-refractivity contribution < 1.29 is 0 Å². The summed E-state index contributed by atoms with van der Waals surface area (Å²) in [5.74, 6) is 0. The van der Waals surface area contributed by atoms with E-state index in [1.54, 1.807) is 7.05 Å². The number of hydrogen-bond donors (Lipinski definition) is 0. The number of aromatic nitrogens is 2. The van der Waals surface area contributed by atoms with Crippen LogP contribution < -0.4 is 16.4 Å². The number of rotatable bonds is 3. The summed E-state index contributed by atoms with van der Waals surface area (Å²) >= 11 is 0. The minimum atomic E-state index is -1.31. The second-order valence-corrected chi connectivity index (χ2v) is 11.2. The van der Waals surface area contributed by atoms with E-state index in [0.717, 1.165) is 5.56 Å². The third-order valence-corrected chi connectivity index (χ3v) is 5.47. The van der Waals surface area contributed by atoms with Crippen LogP contribution in [0.1, 0.15) is 5.56 Å². The summed E-state index contributed by atoms with van der Waals surface area (Å²) in [5.41, 5.74) is 0.423. The van der Waals surface area contributed by atoms with Crippen LogP contribution in [0.3, 0.4) is 0 Å². The van der Waals surface area contributed by atoms with E-state index in [1.165, 1.54) is 26.6 Å². The molecule has 5 heteroatoms. The summed E-state index contributed by atoms with van der Waals surface area (Å²) in [4.78, 5) is 23.7. The van der Waals surface area contributed by atoms with Crippen molar-refractivity contribution in [1.82, 2.24) is 9.13 Å². The van der Waals surface area contributed by atoms with Crippen molar-refractivity contribution in [3.05, 3.63) is 62.9 Å². The summed E-state index contributed by atoms with van der Waals surface area (Å²) in [6.45, 7) is 7.19. The Morgan fingerprint density at radius 3 is 2.15 bits per heavy atom. The predicted molar refractivity (Wildman–Crippen MR) is 84.5 cm³/mol. The van der Waals surface area contributed by atoms with E-state index < -0.39 is 8.07 Å². The number of aryl methyl sites for hydroxylation is 1. The van der Waals surface area contributed by atoms with E-state index in [1.807, 2.05) is 12.1 Å². The van der Waals surface area contributed by atoms with Crippen molar-refractivity contribution in [2.75, 3.05) is 0 Å². The Morgan fingerprint density at radius 2 is 1.60 bits per heavy atom. The van der Waals surface area contributed by atoms with Crippen LogP contribution in [0.15, 0.2) is 46.1 Å². The number of hydrogen-bond acceptors (Lipinski definition) is 2. The molecule has 0 N–H and O–H groups in total. The Kier molecular flexibility index (Phi) is 3.81. The lowest BCUT2D eigenvalue weighted by Crippen LogP contribution is -2.39. The lowest BCUT2D eigenvalue weighted by atomic mass is 10.2. The van der Waals surface area contributed by atoms with Crippen molar-refractivity contribution in [2.24, 2.45) is 7.05 Å². The molecule has 20 heavy (non-hydrogen) atoms. The molecule has 0 aliphatic carbocycles. The largest absolute Gasteiger partial charge is 0.331 e. The van der Waals surface area contributed by atoms with E-state index in [0.29, 0.717) is 6.54 Å². The molecule has 2 rings (SSSR count). The number of benzene rings is 1. The summed E-state index contributed by atoms with van der Waals surface area (Å²) < 4.78 is 2.67. The van der Waals surface area contributed by atoms with Gasteiger partial charge in [-0.25, -0.2) is 4.79 Å². The first-order valence-electron chi connectivity index (χ1n) is 6.65. The molecule has 2 aromatic rings. The minimum Gasteiger partial charge on any atom is -0.303 e. The van der Waals surface area contributed by atoms with E-state index in [-0.39, 0.29) is 11.2 Å². The van der Waals surface area contributed by atoms with Gasteiger partial charge in [-0.15, -0.1) is 0 Å². The van der Waals surface area contributed by atoms with Crippen LogP contribution in [-0.4, -0.2) is 17.2 Å². The van der Waals surface area contributed by atoms with Crippen LogP contribution in [0.25, 0.3) is 0 Å². The second kappa shape index (κ2) is 5.24. The van der Waals surface area contributed by atoms with Crippen molar-refractivity contribution in [3.8, 4) is 0 Å². The van der Waals surface area contributed by atoms with Crippen LogP contribution in [-0.2, 0) is 13.6 Å². The summed E-state index contributed by atoms with van der Waals surface area (Å²) in [6.07, 6.45) is 1.50. The molecule has 0 saturated heterocycles. The van der Waals surface area contributed by atoms with Crippen molar-refractivity contribution in [3.63, 3.8) is 0 Å². The van der Waals surface area contributed by atoms with Gasteiger partial charge in [0.05, 0.1) is 14.6 Å². The van der Waals surface area contributed by atoms with E-state index in [9.17, 15) is 9.59 Å². The van der Waals surface area contributed by atoms with Gasteiger partial charge >= 0.3 is 5.69 Å². The highest BCUT2D eigenvalue weighted by atomic mass is 28.3. The molecule has 4 nitrogen and oxygen atoms in total. The lowest BCUT2D eigenvalue weighted by molar-refractivity contribution is 0.639. The van der Waals surface area contributed by atoms with Crippen molar-refractivity contribution >= 4 is 13.3 Å². The van der Waals surface area contributed by atoms with Crippen molar-refractivity contribution in [1.29, 1.82) is 0 Å². The summed E-state index contributed by atoms with van der Waals surface area (Å²) in [5, 5.41) is 1.37. The SMILES string of the molecule is Cn1ccc(=O)n(Cc2ccc([Si](C)(C)C)cc2)c1=O. The van der Waals surface area contributed by atoms with Gasteiger partial charge < -0.3 is 4.57 Å². The quantitative estimate of drug-likeness (QED) is 0.795. The normalized spacial score (nSPS) is 11.6. The maximum absolute atomic E-state index is 12.0. The Hall–Kier alpha value is -1.88. The zero-order valence-corrected chi connectivity index (χ0v) is 13.4. The summed E-state index contributed by atoms with van der Waals surface area (Å²) in [6, 6.07) is 9.65. The van der Waals surface area contributed by atoms with Crippen molar-refractivity contribution in [2.45, 2.75) is 26.2 Å². The molecule has 0 unspecified atom stereocenters. The molecule has 0 amide bonds. The molecule has 1 heterocycles. The van der Waals surface area contributed by atoms with Crippen LogP contribution in [0.5, 0.6) is 0 Å². The smallest absolute Gasteiger partial charge is 0.303 e. The maximum Gasteiger partial charge on any atom is 0.331 e. The second-order valence-electron chi connectivity index (χ2n) is 6.08. The van der Waals surface area contributed by atoms with Gasteiger partial charge in [0.25, 0.3) is 5.56 Å². The van der Waals surface area contributed by atoms with Gasteiger partial charge in [-0.05, 0) is 5.56 Å².